The molecule has 2 heteroatoms. The molecule has 0 saturated heterocycles. The Kier molecular flexibility index (Phi) is 4.23. The number of aldehydes is 1. The van der Waals surface area contributed by atoms with Crippen LogP contribution in [0, 0.1) is 6.92 Å². The van der Waals surface area contributed by atoms with E-state index in [4.69, 9.17) is 4.74 Å². The van der Waals surface area contributed by atoms with Crippen LogP contribution in [0.25, 0.3) is 0 Å². The van der Waals surface area contributed by atoms with E-state index < -0.39 is 5.41 Å². The molecule has 2 aromatic rings. The van der Waals surface area contributed by atoms with Crippen LogP contribution in [0.15, 0.2) is 48.5 Å². The van der Waals surface area contributed by atoms with Crippen molar-refractivity contribution in [2.75, 3.05) is 7.11 Å². The van der Waals surface area contributed by atoms with E-state index in [2.05, 4.69) is 0 Å². The van der Waals surface area contributed by atoms with Gasteiger partial charge in [0.2, 0.25) is 0 Å². The third-order valence-electron chi connectivity index (χ3n) is 3.73. The minimum absolute atomic E-state index is 0.516. The van der Waals surface area contributed by atoms with Gasteiger partial charge in [0.15, 0.2) is 0 Å². The summed E-state index contributed by atoms with van der Waals surface area (Å²) in [5.74, 6) is 0.820. The van der Waals surface area contributed by atoms with Crippen molar-refractivity contribution in [3.8, 4) is 5.75 Å². The SMILES string of the molecule is COc1cccc(CC(C)(C=O)c2ccccc2C)c1. The Morgan fingerprint density at radius 1 is 1.15 bits per heavy atom. The first-order valence-corrected chi connectivity index (χ1v) is 6.74. The number of benzene rings is 2. The van der Waals surface area contributed by atoms with Crippen molar-refractivity contribution in [1.29, 1.82) is 0 Å². The summed E-state index contributed by atoms with van der Waals surface area (Å²) in [5, 5.41) is 0. The molecule has 1 atom stereocenters. The molecule has 0 bridgehead atoms. The molecule has 0 heterocycles. The van der Waals surface area contributed by atoms with E-state index >= 15 is 0 Å². The van der Waals surface area contributed by atoms with Crippen molar-refractivity contribution < 1.29 is 9.53 Å². The lowest BCUT2D eigenvalue weighted by molar-refractivity contribution is -0.112. The summed E-state index contributed by atoms with van der Waals surface area (Å²) >= 11 is 0. The summed E-state index contributed by atoms with van der Waals surface area (Å²) in [6, 6.07) is 15.9. The first kappa shape index (κ1) is 14.3. The highest BCUT2D eigenvalue weighted by molar-refractivity contribution is 5.69. The molecule has 0 aromatic heterocycles. The molecule has 0 saturated carbocycles. The van der Waals surface area contributed by atoms with E-state index in [1.165, 1.54) is 0 Å². The largest absolute Gasteiger partial charge is 0.497 e. The van der Waals surface area contributed by atoms with Crippen LogP contribution in [0.5, 0.6) is 5.75 Å². The van der Waals surface area contributed by atoms with Gasteiger partial charge in [-0.15, -0.1) is 0 Å². The highest BCUT2D eigenvalue weighted by atomic mass is 16.5. The molecule has 0 aliphatic heterocycles. The number of ether oxygens (including phenoxy) is 1. The third kappa shape index (κ3) is 2.90. The van der Waals surface area contributed by atoms with E-state index in [0.29, 0.717) is 6.42 Å². The molecule has 0 aliphatic rings. The van der Waals surface area contributed by atoms with Crippen LogP contribution in [0.2, 0.25) is 0 Å². The zero-order valence-electron chi connectivity index (χ0n) is 12.2. The predicted octanol–water partition coefficient (Wildman–Crippen LogP) is 3.70. The van der Waals surface area contributed by atoms with E-state index in [0.717, 1.165) is 28.7 Å². The van der Waals surface area contributed by atoms with E-state index in [1.807, 2.05) is 62.4 Å². The van der Waals surface area contributed by atoms with Crippen LogP contribution < -0.4 is 4.74 Å². The van der Waals surface area contributed by atoms with Crippen molar-refractivity contribution in [3.05, 3.63) is 65.2 Å². The fourth-order valence-corrected chi connectivity index (χ4v) is 2.62. The van der Waals surface area contributed by atoms with Gasteiger partial charge in [-0.25, -0.2) is 0 Å². The standard InChI is InChI=1S/C18H20O2/c1-14-7-4-5-10-17(14)18(2,13-19)12-15-8-6-9-16(11-15)20-3/h4-11,13H,12H2,1-3H3. The van der Waals surface area contributed by atoms with Crippen molar-refractivity contribution in [1.82, 2.24) is 0 Å². The van der Waals surface area contributed by atoms with Gasteiger partial charge in [-0.05, 0) is 49.1 Å². The summed E-state index contributed by atoms with van der Waals surface area (Å²) < 4.78 is 5.24. The fraction of sp³-hybridized carbons (Fsp3) is 0.278. The number of aryl methyl sites for hydroxylation is 1. The average molecular weight is 268 g/mol. The lowest BCUT2D eigenvalue weighted by atomic mass is 9.77. The minimum Gasteiger partial charge on any atom is -0.497 e. The molecule has 0 N–H and O–H groups in total. The first-order chi connectivity index (χ1) is 9.59. The van der Waals surface area contributed by atoms with Gasteiger partial charge < -0.3 is 9.53 Å². The fourth-order valence-electron chi connectivity index (χ4n) is 2.62. The van der Waals surface area contributed by atoms with E-state index in [9.17, 15) is 4.79 Å². The average Bonchev–Trinajstić information content (AvgIpc) is 2.47. The molecule has 2 aromatic carbocycles. The van der Waals surface area contributed by atoms with Crippen LogP contribution in [-0.4, -0.2) is 13.4 Å². The zero-order chi connectivity index (χ0) is 14.6. The van der Waals surface area contributed by atoms with E-state index in [-0.39, 0.29) is 0 Å². The number of hydrogen-bond donors (Lipinski definition) is 0. The van der Waals surface area contributed by atoms with Crippen molar-refractivity contribution >= 4 is 6.29 Å². The number of carbonyl (C=O) groups is 1. The molecule has 2 rings (SSSR count). The molecule has 104 valence electrons. The molecule has 0 aliphatic carbocycles. The van der Waals surface area contributed by atoms with Gasteiger partial charge in [-0.2, -0.15) is 0 Å². The minimum atomic E-state index is -0.516. The smallest absolute Gasteiger partial charge is 0.130 e. The van der Waals surface area contributed by atoms with E-state index in [1.54, 1.807) is 7.11 Å². The monoisotopic (exact) mass is 268 g/mol. The van der Waals surface area contributed by atoms with Crippen LogP contribution in [-0.2, 0) is 16.6 Å². The predicted molar refractivity (Wildman–Crippen MR) is 81.3 cm³/mol. The number of rotatable bonds is 5. The summed E-state index contributed by atoms with van der Waals surface area (Å²) in [6.45, 7) is 4.03. The summed E-state index contributed by atoms with van der Waals surface area (Å²) in [7, 11) is 1.65. The summed E-state index contributed by atoms with van der Waals surface area (Å²) in [6.07, 6.45) is 1.72. The Bertz CT molecular complexity index is 604. The van der Waals surface area contributed by atoms with Crippen molar-refractivity contribution in [2.24, 2.45) is 0 Å². The van der Waals surface area contributed by atoms with Gasteiger partial charge in [-0.3, -0.25) is 0 Å². The highest BCUT2D eigenvalue weighted by Gasteiger charge is 2.28. The summed E-state index contributed by atoms with van der Waals surface area (Å²) in [5.41, 5.74) is 2.81. The van der Waals surface area contributed by atoms with Gasteiger partial charge in [0.05, 0.1) is 12.5 Å². The van der Waals surface area contributed by atoms with Crippen LogP contribution in [0.3, 0.4) is 0 Å². The quantitative estimate of drug-likeness (QED) is 0.773. The normalized spacial score (nSPS) is 13.6. The zero-order valence-corrected chi connectivity index (χ0v) is 12.2. The maximum atomic E-state index is 11.7. The highest BCUT2D eigenvalue weighted by Crippen LogP contribution is 2.29. The molecular weight excluding hydrogens is 248 g/mol. The Morgan fingerprint density at radius 2 is 1.90 bits per heavy atom. The number of carbonyl (C=O) groups excluding carboxylic acids is 1. The first-order valence-electron chi connectivity index (χ1n) is 6.74. The van der Waals surface area contributed by atoms with Gasteiger partial charge in [0, 0.05) is 0 Å². The molecule has 20 heavy (non-hydrogen) atoms. The van der Waals surface area contributed by atoms with Gasteiger partial charge in [0.1, 0.15) is 12.0 Å². The van der Waals surface area contributed by atoms with Crippen LogP contribution in [0.1, 0.15) is 23.6 Å². The maximum absolute atomic E-state index is 11.7. The van der Waals surface area contributed by atoms with Gasteiger partial charge >= 0.3 is 0 Å². The van der Waals surface area contributed by atoms with Gasteiger partial charge in [-0.1, -0.05) is 36.4 Å². The lowest BCUT2D eigenvalue weighted by Crippen LogP contribution is -2.27. The topological polar surface area (TPSA) is 26.3 Å². The van der Waals surface area contributed by atoms with Crippen molar-refractivity contribution in [3.63, 3.8) is 0 Å². The Morgan fingerprint density at radius 3 is 2.55 bits per heavy atom. The van der Waals surface area contributed by atoms with Gasteiger partial charge in [0.25, 0.3) is 0 Å². The molecule has 2 nitrogen and oxygen atoms in total. The van der Waals surface area contributed by atoms with Crippen molar-refractivity contribution in [2.45, 2.75) is 25.7 Å². The molecule has 1 unspecified atom stereocenters. The number of hydrogen-bond acceptors (Lipinski definition) is 2. The molecule has 0 radical (unpaired) electrons. The summed E-state index contributed by atoms with van der Waals surface area (Å²) in [4.78, 5) is 11.7. The molecule has 0 amide bonds. The Balaban J connectivity index is 2.36. The molecule has 0 spiro atoms. The Labute approximate surface area is 120 Å². The third-order valence-corrected chi connectivity index (χ3v) is 3.73. The number of methoxy groups -OCH3 is 1. The molecular formula is C18H20O2. The second-order valence-electron chi connectivity index (χ2n) is 5.38. The van der Waals surface area contributed by atoms with Crippen LogP contribution in [0.4, 0.5) is 0 Å². The Hall–Kier alpha value is -2.09. The molecule has 0 fully saturated rings. The van der Waals surface area contributed by atoms with Crippen LogP contribution >= 0.6 is 0 Å². The second-order valence-corrected chi connectivity index (χ2v) is 5.38. The lowest BCUT2D eigenvalue weighted by Gasteiger charge is -2.26. The maximum Gasteiger partial charge on any atom is 0.130 e. The second kappa shape index (κ2) is 5.91.